The summed E-state index contributed by atoms with van der Waals surface area (Å²) < 4.78 is -0.889. The van der Waals surface area contributed by atoms with Crippen LogP contribution < -0.4 is 0 Å². The molecule has 0 aliphatic rings. The molecule has 0 radical (unpaired) electrons. The third-order valence-electron chi connectivity index (χ3n) is 0. The molecule has 0 spiro atoms. The summed E-state index contributed by atoms with van der Waals surface area (Å²) in [6.45, 7) is 0. The highest BCUT2D eigenvalue weighted by Gasteiger charge is 1.72. The lowest BCUT2D eigenvalue weighted by atomic mass is 11.8. The molecule has 0 atom stereocenters. The number of hydrogen-bond acceptors (Lipinski definition) is 3. The van der Waals surface area contributed by atoms with Gasteiger partial charge in [0.25, 0.3) is 0 Å². The standard InChI is InChI=1S/CCl2O.COS/c2-1(3)4;2-1-3. The zero-order valence-corrected chi connectivity index (χ0v) is 5.31. The third kappa shape index (κ3) is 39700. The van der Waals surface area contributed by atoms with Gasteiger partial charge in [-0.25, -0.2) is 4.79 Å². The minimum atomic E-state index is -0.889. The van der Waals surface area contributed by atoms with Crippen molar-refractivity contribution in [1.29, 1.82) is 0 Å². The van der Waals surface area contributed by atoms with Crippen molar-refractivity contribution in [3.8, 4) is 0 Å². The number of carbonyl (C=O) groups is 1. The molecule has 7 heavy (non-hydrogen) atoms. The van der Waals surface area contributed by atoms with Gasteiger partial charge < -0.3 is 0 Å². The Kier molecular flexibility index (Phi) is 13.6. The predicted octanol–water partition coefficient (Wildman–Crippen LogP) is 1.84. The molecule has 0 saturated heterocycles. The molecule has 0 amide bonds. The van der Waals surface area contributed by atoms with Crippen molar-refractivity contribution in [3.63, 3.8) is 0 Å². The van der Waals surface area contributed by atoms with Crippen LogP contribution in [-0.4, -0.2) is 9.93 Å². The second kappa shape index (κ2) is 9.41. The van der Waals surface area contributed by atoms with Gasteiger partial charge in [0.2, 0.25) is 5.23 Å². The van der Waals surface area contributed by atoms with Crippen molar-refractivity contribution in [3.05, 3.63) is 0 Å². The van der Waals surface area contributed by atoms with E-state index in [-0.39, 0.29) is 0 Å². The number of halogens is 2. The Labute approximate surface area is 55.4 Å². The molecular formula is C2Cl2O2S. The molecule has 2 nitrogen and oxygen atoms in total. The number of carbonyl (C=O) groups excluding carboxylic acids is 2. The van der Waals surface area contributed by atoms with Crippen molar-refractivity contribution in [2.45, 2.75) is 0 Å². The van der Waals surface area contributed by atoms with E-state index >= 15 is 0 Å². The summed E-state index contributed by atoms with van der Waals surface area (Å²) in [6, 6.07) is 0. The largest absolute Gasteiger partial charge is 0.313 e. The fraction of sp³-hybridized carbons (Fsp3) is 0. The summed E-state index contributed by atoms with van der Waals surface area (Å²) in [5.74, 6) is 0. The van der Waals surface area contributed by atoms with Gasteiger partial charge in [-0.3, -0.25) is 4.79 Å². The molecule has 40 valence electrons. The first kappa shape index (κ1) is 10.1. The molecule has 0 N–H and O–H groups in total. The van der Waals surface area contributed by atoms with Crippen LogP contribution in [0.1, 0.15) is 0 Å². The van der Waals surface area contributed by atoms with Gasteiger partial charge >= 0.3 is 4.70 Å². The average Bonchev–Trinajstić information content (AvgIpc) is 1.33. The van der Waals surface area contributed by atoms with Crippen LogP contribution >= 0.6 is 35.4 Å². The molecule has 0 aliphatic heterocycles. The Balaban J connectivity index is 0. The fourth-order valence-electron chi connectivity index (χ4n) is 0. The van der Waals surface area contributed by atoms with Gasteiger partial charge in [0.05, 0.1) is 0 Å². The van der Waals surface area contributed by atoms with Crippen molar-refractivity contribution < 1.29 is 9.59 Å². The van der Waals surface area contributed by atoms with E-state index in [9.17, 15) is 0 Å². The van der Waals surface area contributed by atoms with Gasteiger partial charge in [0.1, 0.15) is 0 Å². The van der Waals surface area contributed by atoms with Crippen LogP contribution in [0.4, 0.5) is 4.79 Å². The van der Waals surface area contributed by atoms with Crippen LogP contribution in [0.5, 0.6) is 0 Å². The van der Waals surface area contributed by atoms with E-state index in [1.165, 1.54) is 0 Å². The molecule has 0 saturated carbocycles. The highest BCUT2D eigenvalue weighted by Crippen LogP contribution is 1.84. The Morgan fingerprint density at radius 3 is 1.57 bits per heavy atom. The zero-order chi connectivity index (χ0) is 6.28. The summed E-state index contributed by atoms with van der Waals surface area (Å²) in [4.78, 5) is 17.5. The molecular weight excluding hydrogens is 159 g/mol. The quantitative estimate of drug-likeness (QED) is 0.399. The Morgan fingerprint density at radius 2 is 1.57 bits per heavy atom. The molecule has 0 aromatic carbocycles. The lowest BCUT2D eigenvalue weighted by Crippen LogP contribution is -1.46. The van der Waals surface area contributed by atoms with Crippen LogP contribution in [0, 0.1) is 0 Å². The predicted molar refractivity (Wildman–Crippen MR) is 30.4 cm³/mol. The van der Waals surface area contributed by atoms with E-state index in [0.717, 1.165) is 5.23 Å². The average molecular weight is 159 g/mol. The lowest BCUT2D eigenvalue weighted by molar-refractivity contribution is 0.275. The summed E-state index contributed by atoms with van der Waals surface area (Å²) in [5, 5.41) is 1.08. The van der Waals surface area contributed by atoms with Gasteiger partial charge in [0, 0.05) is 12.2 Å². The van der Waals surface area contributed by atoms with Crippen LogP contribution in [0.15, 0.2) is 0 Å². The Morgan fingerprint density at radius 1 is 1.57 bits per heavy atom. The van der Waals surface area contributed by atoms with Gasteiger partial charge in [0.15, 0.2) is 0 Å². The highest BCUT2D eigenvalue weighted by atomic mass is 35.5. The molecule has 0 aromatic heterocycles. The number of thiocarbonyl (C=S) groups is 1. The molecule has 0 fully saturated rings. The maximum Gasteiger partial charge on any atom is 0.313 e. The fourth-order valence-corrected chi connectivity index (χ4v) is 0. The minimum absolute atomic E-state index is 0.889. The summed E-state index contributed by atoms with van der Waals surface area (Å²) in [6.07, 6.45) is 0. The highest BCUT2D eigenvalue weighted by molar-refractivity contribution is 7.78. The summed E-state index contributed by atoms with van der Waals surface area (Å²) in [7, 11) is 0. The molecule has 0 rings (SSSR count). The minimum Gasteiger partial charge on any atom is -0.262 e. The van der Waals surface area contributed by atoms with E-state index in [1.807, 2.05) is 0 Å². The normalized spacial score (nSPS) is 4.86. The summed E-state index contributed by atoms with van der Waals surface area (Å²) >= 11 is 12.4. The molecule has 0 bridgehead atoms. The first-order chi connectivity index (χ1) is 3.15. The monoisotopic (exact) mass is 158 g/mol. The first-order valence-corrected chi connectivity index (χ1v) is 2.15. The van der Waals surface area contributed by atoms with Crippen molar-refractivity contribution >= 4 is 45.4 Å². The number of hydrogen-bond donors (Lipinski definition) is 0. The van der Waals surface area contributed by atoms with Crippen molar-refractivity contribution in [2.24, 2.45) is 0 Å². The van der Waals surface area contributed by atoms with E-state index in [1.54, 1.807) is 0 Å². The van der Waals surface area contributed by atoms with Crippen LogP contribution in [0.2, 0.25) is 0 Å². The second-order valence-corrected chi connectivity index (χ2v) is 1.36. The van der Waals surface area contributed by atoms with Crippen LogP contribution in [0.3, 0.4) is 0 Å². The smallest absolute Gasteiger partial charge is 0.262 e. The van der Waals surface area contributed by atoms with Gasteiger partial charge in [-0.15, -0.1) is 0 Å². The van der Waals surface area contributed by atoms with E-state index < -0.39 is 4.70 Å². The zero-order valence-electron chi connectivity index (χ0n) is 2.98. The van der Waals surface area contributed by atoms with Crippen LogP contribution in [-0.2, 0) is 4.79 Å². The van der Waals surface area contributed by atoms with Crippen LogP contribution in [0.25, 0.3) is 0 Å². The first-order valence-electron chi connectivity index (χ1n) is 0.990. The lowest BCUT2D eigenvalue weighted by Gasteiger charge is -1.48. The van der Waals surface area contributed by atoms with E-state index in [4.69, 9.17) is 9.59 Å². The van der Waals surface area contributed by atoms with Gasteiger partial charge in [-0.05, 0) is 23.2 Å². The second-order valence-electron chi connectivity index (χ2n) is 0.309. The van der Waals surface area contributed by atoms with Crippen molar-refractivity contribution in [2.75, 3.05) is 0 Å². The topological polar surface area (TPSA) is 34.1 Å². The van der Waals surface area contributed by atoms with E-state index in [2.05, 4.69) is 35.4 Å². The van der Waals surface area contributed by atoms with E-state index in [0.29, 0.717) is 0 Å². The van der Waals surface area contributed by atoms with Crippen molar-refractivity contribution in [1.82, 2.24) is 0 Å². The van der Waals surface area contributed by atoms with Gasteiger partial charge in [-0.1, -0.05) is 0 Å². The SMILES string of the molecule is O=C(Cl)Cl.O=C=S. The third-order valence-corrected chi connectivity index (χ3v) is 0. The molecule has 0 aromatic rings. The molecule has 0 aliphatic carbocycles. The van der Waals surface area contributed by atoms with Gasteiger partial charge in [-0.2, -0.15) is 0 Å². The molecule has 0 heterocycles. The molecule has 5 heteroatoms. The number of rotatable bonds is 0. The Bertz CT molecular complexity index is 81.7. The summed E-state index contributed by atoms with van der Waals surface area (Å²) in [5.41, 5.74) is 0. The Hall–Kier alpha value is 0.0500. The maximum absolute atomic E-state index is 8.98. The maximum atomic E-state index is 8.98. The molecule has 0 unspecified atom stereocenters.